The second-order valence-electron chi connectivity index (χ2n) is 3.38. The molecule has 0 radical (unpaired) electrons. The number of nitro groups is 1. The van der Waals surface area contributed by atoms with Crippen molar-refractivity contribution in [3.63, 3.8) is 0 Å². The van der Waals surface area contributed by atoms with Crippen LogP contribution in [-0.4, -0.2) is 18.1 Å². The van der Waals surface area contributed by atoms with Crippen molar-refractivity contribution in [2.24, 2.45) is 0 Å². The van der Waals surface area contributed by atoms with Crippen LogP contribution >= 0.6 is 14.1 Å². The molecule has 0 saturated carbocycles. The summed E-state index contributed by atoms with van der Waals surface area (Å²) < 4.78 is 1.11. The SMILES string of the molecule is O=[N+]([O-])c1ccc([Se]Br)c(-c2ccccc2)c1. The standard InChI is InChI=1S/C12H8BrNO2Se/c13-17-12-7-6-10(14(15)16)8-11(12)9-4-2-1-3-5-9/h1-8H. The fourth-order valence-electron chi connectivity index (χ4n) is 1.54. The Balaban J connectivity index is 2.58. The zero-order valence-corrected chi connectivity index (χ0v) is 12.0. The number of hydrogen-bond acceptors (Lipinski definition) is 2. The number of benzene rings is 2. The first-order valence-electron chi connectivity index (χ1n) is 4.85. The quantitative estimate of drug-likeness (QED) is 0.482. The second kappa shape index (κ2) is 5.45. The summed E-state index contributed by atoms with van der Waals surface area (Å²) in [6.45, 7) is 0. The molecule has 0 aliphatic carbocycles. The number of rotatable bonds is 3. The topological polar surface area (TPSA) is 43.1 Å². The Bertz CT molecular complexity index is 545. The van der Waals surface area contributed by atoms with Crippen LogP contribution in [0.3, 0.4) is 0 Å². The van der Waals surface area contributed by atoms with Crippen LogP contribution in [0.25, 0.3) is 11.1 Å². The van der Waals surface area contributed by atoms with Crippen molar-refractivity contribution in [2.45, 2.75) is 0 Å². The molecule has 0 atom stereocenters. The molecule has 2 aromatic carbocycles. The Hall–Kier alpha value is -1.16. The van der Waals surface area contributed by atoms with E-state index in [0.717, 1.165) is 15.6 Å². The normalized spacial score (nSPS) is 10.2. The van der Waals surface area contributed by atoms with Crippen molar-refractivity contribution in [3.05, 3.63) is 58.6 Å². The van der Waals surface area contributed by atoms with Crippen molar-refractivity contribution < 1.29 is 4.92 Å². The minimum absolute atomic E-state index is 0.129. The third-order valence-electron chi connectivity index (χ3n) is 2.34. The molecular weight excluding hydrogens is 349 g/mol. The van der Waals surface area contributed by atoms with Gasteiger partial charge in [0.1, 0.15) is 0 Å². The van der Waals surface area contributed by atoms with E-state index in [0.29, 0.717) is 0 Å². The van der Waals surface area contributed by atoms with Crippen LogP contribution in [-0.2, 0) is 0 Å². The van der Waals surface area contributed by atoms with Crippen LogP contribution in [0.1, 0.15) is 0 Å². The molecule has 2 rings (SSSR count). The Morgan fingerprint density at radius 3 is 2.41 bits per heavy atom. The number of hydrogen-bond donors (Lipinski definition) is 0. The van der Waals surface area contributed by atoms with Crippen LogP contribution in [0.5, 0.6) is 0 Å². The van der Waals surface area contributed by atoms with E-state index in [1.165, 1.54) is 0 Å². The summed E-state index contributed by atoms with van der Waals surface area (Å²) in [5.74, 6) is 0. The van der Waals surface area contributed by atoms with Gasteiger partial charge in [0.2, 0.25) is 0 Å². The molecule has 0 bridgehead atoms. The molecule has 0 heterocycles. The molecule has 0 spiro atoms. The van der Waals surface area contributed by atoms with E-state index in [4.69, 9.17) is 0 Å². The van der Waals surface area contributed by atoms with E-state index >= 15 is 0 Å². The number of nitrogens with zero attached hydrogens (tertiary/aromatic N) is 1. The van der Waals surface area contributed by atoms with Gasteiger partial charge in [-0.2, -0.15) is 0 Å². The zero-order chi connectivity index (χ0) is 12.3. The first kappa shape index (κ1) is 12.3. The third kappa shape index (κ3) is 2.75. The molecule has 0 saturated heterocycles. The van der Waals surface area contributed by atoms with Gasteiger partial charge in [-0.15, -0.1) is 0 Å². The van der Waals surface area contributed by atoms with Gasteiger partial charge < -0.3 is 0 Å². The van der Waals surface area contributed by atoms with E-state index in [9.17, 15) is 10.1 Å². The monoisotopic (exact) mass is 357 g/mol. The Morgan fingerprint density at radius 2 is 1.82 bits per heavy atom. The zero-order valence-electron chi connectivity index (χ0n) is 8.67. The maximum absolute atomic E-state index is 10.8. The van der Waals surface area contributed by atoms with Crippen molar-refractivity contribution in [2.75, 3.05) is 0 Å². The van der Waals surface area contributed by atoms with E-state index in [1.807, 2.05) is 36.4 Å². The molecule has 86 valence electrons. The van der Waals surface area contributed by atoms with Crippen LogP contribution in [0.15, 0.2) is 48.5 Å². The van der Waals surface area contributed by atoms with Crippen molar-refractivity contribution in [3.8, 4) is 11.1 Å². The average molecular weight is 357 g/mol. The van der Waals surface area contributed by atoms with Gasteiger partial charge in [-0.25, -0.2) is 0 Å². The van der Waals surface area contributed by atoms with Gasteiger partial charge in [-0.3, -0.25) is 0 Å². The van der Waals surface area contributed by atoms with Gasteiger partial charge in [0.25, 0.3) is 0 Å². The number of non-ortho nitro benzene ring substituents is 1. The maximum atomic E-state index is 10.8. The molecule has 17 heavy (non-hydrogen) atoms. The molecule has 5 heteroatoms. The second-order valence-corrected chi connectivity index (χ2v) is 6.31. The first-order chi connectivity index (χ1) is 8.22. The van der Waals surface area contributed by atoms with Crippen LogP contribution in [0.4, 0.5) is 5.69 Å². The summed E-state index contributed by atoms with van der Waals surface area (Å²) in [6, 6.07) is 14.7. The summed E-state index contributed by atoms with van der Waals surface area (Å²) in [6.07, 6.45) is 0. The van der Waals surface area contributed by atoms with Crippen molar-refractivity contribution in [1.82, 2.24) is 0 Å². The molecule has 3 nitrogen and oxygen atoms in total. The molecular formula is C12H8BrNO2Se. The molecule has 0 N–H and O–H groups in total. The van der Waals surface area contributed by atoms with Crippen LogP contribution < -0.4 is 4.46 Å². The molecule has 0 aliphatic rings. The molecule has 2 aromatic rings. The summed E-state index contributed by atoms with van der Waals surface area (Å²) in [4.78, 5) is 10.4. The van der Waals surface area contributed by atoms with Crippen LogP contribution in [0, 0.1) is 10.1 Å². The molecule has 0 fully saturated rings. The average Bonchev–Trinajstić information content (AvgIpc) is 2.39. The number of nitro benzene ring substituents is 1. The van der Waals surface area contributed by atoms with E-state index < -0.39 is 0 Å². The minimum atomic E-state index is -0.364. The molecule has 0 amide bonds. The molecule has 0 unspecified atom stereocenters. The van der Waals surface area contributed by atoms with Gasteiger partial charge in [-0.1, -0.05) is 0 Å². The fraction of sp³-hybridized carbons (Fsp3) is 0. The molecule has 0 aliphatic heterocycles. The summed E-state index contributed by atoms with van der Waals surface area (Å²) in [7, 11) is 0. The Morgan fingerprint density at radius 1 is 1.12 bits per heavy atom. The van der Waals surface area contributed by atoms with E-state index in [-0.39, 0.29) is 23.8 Å². The predicted molar refractivity (Wildman–Crippen MR) is 72.8 cm³/mol. The van der Waals surface area contributed by atoms with Gasteiger partial charge >= 0.3 is 112 Å². The first-order valence-corrected chi connectivity index (χ1v) is 9.71. The third-order valence-corrected chi connectivity index (χ3v) is 5.25. The molecule has 0 aromatic heterocycles. The summed E-state index contributed by atoms with van der Waals surface area (Å²) in [5, 5.41) is 10.8. The van der Waals surface area contributed by atoms with Gasteiger partial charge in [-0.05, 0) is 0 Å². The van der Waals surface area contributed by atoms with Crippen molar-refractivity contribution in [1.29, 1.82) is 0 Å². The number of halogens is 1. The van der Waals surface area contributed by atoms with Gasteiger partial charge in [0.15, 0.2) is 0 Å². The van der Waals surface area contributed by atoms with E-state index in [1.54, 1.807) is 12.1 Å². The predicted octanol–water partition coefficient (Wildman–Crippen LogP) is 2.90. The van der Waals surface area contributed by atoms with Crippen LogP contribution in [0.2, 0.25) is 0 Å². The summed E-state index contributed by atoms with van der Waals surface area (Å²) in [5.41, 5.74) is 2.06. The Kier molecular flexibility index (Phi) is 3.94. The van der Waals surface area contributed by atoms with Crippen molar-refractivity contribution >= 4 is 37.4 Å². The fourth-order valence-corrected chi connectivity index (χ4v) is 3.80. The van der Waals surface area contributed by atoms with Gasteiger partial charge in [0.05, 0.1) is 0 Å². The van der Waals surface area contributed by atoms with Gasteiger partial charge in [0, 0.05) is 0 Å². The summed E-state index contributed by atoms with van der Waals surface area (Å²) >= 11 is 3.59. The van der Waals surface area contributed by atoms with E-state index in [2.05, 4.69) is 14.1 Å². The Labute approximate surface area is 112 Å².